The number of aryl methyl sites for hydroxylation is 1. The fraction of sp³-hybridized carbons (Fsp3) is 0.696. The maximum atomic E-state index is 5.68. The van der Waals surface area contributed by atoms with Gasteiger partial charge in [-0.1, -0.05) is 12.1 Å². The molecule has 1 heterocycles. The van der Waals surface area contributed by atoms with E-state index in [9.17, 15) is 0 Å². The summed E-state index contributed by atoms with van der Waals surface area (Å²) in [5.41, 5.74) is 2.36. The van der Waals surface area contributed by atoms with Gasteiger partial charge in [0.2, 0.25) is 0 Å². The van der Waals surface area contributed by atoms with E-state index in [1.807, 2.05) is 13.0 Å². The zero-order valence-corrected chi connectivity index (χ0v) is 21.7. The lowest BCUT2D eigenvalue weighted by Crippen LogP contribution is -2.49. The van der Waals surface area contributed by atoms with Gasteiger partial charge in [0.05, 0.1) is 25.9 Å². The van der Waals surface area contributed by atoms with Crippen LogP contribution in [0, 0.1) is 6.92 Å². The molecule has 6 nitrogen and oxygen atoms in total. The molecule has 1 saturated heterocycles. The molecule has 7 heteroatoms. The van der Waals surface area contributed by atoms with Gasteiger partial charge in [0.25, 0.3) is 0 Å². The van der Waals surface area contributed by atoms with Gasteiger partial charge in [0.1, 0.15) is 5.75 Å². The van der Waals surface area contributed by atoms with Crippen molar-refractivity contribution in [2.75, 3.05) is 39.4 Å². The molecule has 0 aliphatic carbocycles. The SMILES string of the molecule is CCNC(=NCc1ccc(OCC)c(C)c1)NC1CCN(CCOC(C)C)CC1.I. The summed E-state index contributed by atoms with van der Waals surface area (Å²) in [5, 5.41) is 7.01. The summed E-state index contributed by atoms with van der Waals surface area (Å²) in [6.07, 6.45) is 2.58. The first-order valence-corrected chi connectivity index (χ1v) is 11.1. The topological polar surface area (TPSA) is 58.1 Å². The van der Waals surface area contributed by atoms with Crippen LogP contribution in [-0.2, 0) is 11.3 Å². The molecule has 0 spiro atoms. The normalized spacial score (nSPS) is 15.7. The monoisotopic (exact) mass is 532 g/mol. The molecule has 0 aromatic heterocycles. The Morgan fingerprint density at radius 1 is 1.23 bits per heavy atom. The molecule has 30 heavy (non-hydrogen) atoms. The van der Waals surface area contributed by atoms with Crippen LogP contribution in [0.4, 0.5) is 0 Å². The number of benzene rings is 1. The summed E-state index contributed by atoms with van der Waals surface area (Å²) in [6, 6.07) is 6.78. The molecule has 2 N–H and O–H groups in total. The van der Waals surface area contributed by atoms with Crippen LogP contribution in [0.3, 0.4) is 0 Å². The average molecular weight is 533 g/mol. The molecule has 0 atom stereocenters. The minimum atomic E-state index is 0. The van der Waals surface area contributed by atoms with Gasteiger partial charge >= 0.3 is 0 Å². The molecule has 0 saturated carbocycles. The highest BCUT2D eigenvalue weighted by molar-refractivity contribution is 14.0. The smallest absolute Gasteiger partial charge is 0.191 e. The second kappa shape index (κ2) is 14.9. The molecule has 0 bridgehead atoms. The molecule has 0 amide bonds. The summed E-state index contributed by atoms with van der Waals surface area (Å²) < 4.78 is 11.3. The van der Waals surface area contributed by atoms with Crippen LogP contribution in [0.25, 0.3) is 0 Å². The zero-order valence-electron chi connectivity index (χ0n) is 19.4. The molecule has 2 rings (SSSR count). The van der Waals surface area contributed by atoms with Crippen molar-refractivity contribution in [2.24, 2.45) is 4.99 Å². The third-order valence-electron chi connectivity index (χ3n) is 5.09. The fourth-order valence-corrected chi connectivity index (χ4v) is 3.53. The van der Waals surface area contributed by atoms with E-state index in [-0.39, 0.29) is 24.0 Å². The largest absolute Gasteiger partial charge is 0.494 e. The van der Waals surface area contributed by atoms with E-state index in [2.05, 4.69) is 55.4 Å². The van der Waals surface area contributed by atoms with Gasteiger partial charge in [-0.2, -0.15) is 0 Å². The van der Waals surface area contributed by atoms with Gasteiger partial charge in [-0.3, -0.25) is 0 Å². The molecule has 0 unspecified atom stereocenters. The summed E-state index contributed by atoms with van der Waals surface area (Å²) in [4.78, 5) is 7.30. The number of likely N-dealkylation sites (tertiary alicyclic amines) is 1. The van der Waals surface area contributed by atoms with Crippen molar-refractivity contribution in [1.29, 1.82) is 0 Å². The van der Waals surface area contributed by atoms with E-state index < -0.39 is 0 Å². The van der Waals surface area contributed by atoms with Gasteiger partial charge in [-0.15, -0.1) is 24.0 Å². The third kappa shape index (κ3) is 9.83. The number of guanidine groups is 1. The second-order valence-corrected chi connectivity index (χ2v) is 7.91. The van der Waals surface area contributed by atoms with Crippen molar-refractivity contribution in [2.45, 2.75) is 66.2 Å². The summed E-state index contributed by atoms with van der Waals surface area (Å²) in [5.74, 6) is 1.86. The number of nitrogens with one attached hydrogen (secondary N) is 2. The number of piperidine rings is 1. The molecular formula is C23H41IN4O2. The van der Waals surface area contributed by atoms with Crippen LogP contribution in [0.15, 0.2) is 23.2 Å². The van der Waals surface area contributed by atoms with Crippen molar-refractivity contribution in [3.05, 3.63) is 29.3 Å². The number of hydrogen-bond acceptors (Lipinski definition) is 4. The van der Waals surface area contributed by atoms with Crippen LogP contribution in [0.1, 0.15) is 51.7 Å². The van der Waals surface area contributed by atoms with Gasteiger partial charge in [0, 0.05) is 32.2 Å². The third-order valence-corrected chi connectivity index (χ3v) is 5.09. The maximum absolute atomic E-state index is 5.68. The lowest BCUT2D eigenvalue weighted by Gasteiger charge is -2.33. The lowest BCUT2D eigenvalue weighted by atomic mass is 10.1. The van der Waals surface area contributed by atoms with Crippen LogP contribution in [-0.4, -0.2) is 62.4 Å². The van der Waals surface area contributed by atoms with E-state index in [1.54, 1.807) is 0 Å². The summed E-state index contributed by atoms with van der Waals surface area (Å²) >= 11 is 0. The molecule has 0 radical (unpaired) electrons. The van der Waals surface area contributed by atoms with E-state index in [0.717, 1.165) is 62.9 Å². The molecule has 1 aromatic carbocycles. The molecule has 1 aliphatic heterocycles. The minimum absolute atomic E-state index is 0. The first kappa shape index (κ1) is 27.0. The van der Waals surface area contributed by atoms with Crippen molar-refractivity contribution >= 4 is 29.9 Å². The predicted molar refractivity (Wildman–Crippen MR) is 136 cm³/mol. The molecule has 1 aliphatic rings. The van der Waals surface area contributed by atoms with E-state index >= 15 is 0 Å². The van der Waals surface area contributed by atoms with Crippen molar-refractivity contribution in [1.82, 2.24) is 15.5 Å². The first-order valence-electron chi connectivity index (χ1n) is 11.1. The van der Waals surface area contributed by atoms with Crippen LogP contribution in [0.2, 0.25) is 0 Å². The first-order chi connectivity index (χ1) is 14.0. The van der Waals surface area contributed by atoms with E-state index in [1.165, 1.54) is 5.56 Å². The van der Waals surface area contributed by atoms with Crippen molar-refractivity contribution in [3.8, 4) is 5.75 Å². The van der Waals surface area contributed by atoms with Crippen LogP contribution in [0.5, 0.6) is 5.75 Å². The fourth-order valence-electron chi connectivity index (χ4n) is 3.53. The minimum Gasteiger partial charge on any atom is -0.494 e. The van der Waals surface area contributed by atoms with E-state index in [4.69, 9.17) is 14.5 Å². The van der Waals surface area contributed by atoms with Crippen LogP contribution < -0.4 is 15.4 Å². The second-order valence-electron chi connectivity index (χ2n) is 7.91. The Kier molecular flexibility index (Phi) is 13.4. The van der Waals surface area contributed by atoms with Crippen molar-refractivity contribution in [3.63, 3.8) is 0 Å². The van der Waals surface area contributed by atoms with Crippen LogP contribution >= 0.6 is 24.0 Å². The standard InChI is InChI=1S/C23H40N4O2.HI/c1-6-24-23(25-17-20-8-9-22(28-7-2)19(5)16-20)26-21-10-12-27(13-11-21)14-15-29-18(3)4;/h8-9,16,18,21H,6-7,10-15,17H2,1-5H3,(H2,24,25,26);1H. The molecular weight excluding hydrogens is 491 g/mol. The molecule has 1 aromatic rings. The Morgan fingerprint density at radius 2 is 1.97 bits per heavy atom. The van der Waals surface area contributed by atoms with E-state index in [0.29, 0.717) is 25.3 Å². The predicted octanol–water partition coefficient (Wildman–Crippen LogP) is 3.96. The lowest BCUT2D eigenvalue weighted by molar-refractivity contribution is 0.0532. The number of hydrogen-bond donors (Lipinski definition) is 2. The van der Waals surface area contributed by atoms with Crippen molar-refractivity contribution < 1.29 is 9.47 Å². The zero-order chi connectivity index (χ0) is 21.1. The Bertz CT molecular complexity index is 632. The Hall–Kier alpha value is -1.06. The number of ether oxygens (including phenoxy) is 2. The van der Waals surface area contributed by atoms with Gasteiger partial charge in [-0.25, -0.2) is 4.99 Å². The average Bonchev–Trinajstić information content (AvgIpc) is 2.69. The summed E-state index contributed by atoms with van der Waals surface area (Å²) in [6.45, 7) is 16.7. The summed E-state index contributed by atoms with van der Waals surface area (Å²) in [7, 11) is 0. The van der Waals surface area contributed by atoms with Gasteiger partial charge in [-0.05, 0) is 64.7 Å². The number of nitrogens with zero attached hydrogens (tertiary/aromatic N) is 2. The Morgan fingerprint density at radius 3 is 2.57 bits per heavy atom. The quantitative estimate of drug-likeness (QED) is 0.272. The Labute approximate surface area is 200 Å². The number of aliphatic imine (C=N–C) groups is 1. The number of halogens is 1. The Balaban J connectivity index is 0.00000450. The van der Waals surface area contributed by atoms with Gasteiger partial charge in [0.15, 0.2) is 5.96 Å². The maximum Gasteiger partial charge on any atom is 0.191 e. The van der Waals surface area contributed by atoms with Gasteiger partial charge < -0.3 is 25.0 Å². The highest BCUT2D eigenvalue weighted by Crippen LogP contribution is 2.19. The highest BCUT2D eigenvalue weighted by atomic mass is 127. The number of rotatable bonds is 10. The highest BCUT2D eigenvalue weighted by Gasteiger charge is 2.19. The molecule has 1 fully saturated rings. The molecule has 172 valence electrons.